The van der Waals surface area contributed by atoms with Gasteiger partial charge in [-0.15, -0.1) is 0 Å². The molecule has 2 aromatic carbocycles. The molecule has 5 nitrogen and oxygen atoms in total. The fourth-order valence-electron chi connectivity index (χ4n) is 3.51. The monoisotopic (exact) mass is 424 g/mol. The number of aryl methyl sites for hydroxylation is 1. The standard InChI is InChI=1S/C25H29FN2O3/c1-16(2)19-12-11-18(26)14-21(19)27-23(29)13-10-17-15-28(24(30)31-25(3,4)5)22-9-7-6-8-20(17)22/h6-9,11-12,14-16H,10,13H2,1-5H3,(H,27,29). The van der Waals surface area contributed by atoms with Crippen molar-refractivity contribution in [3.05, 3.63) is 65.6 Å². The Hall–Kier alpha value is -3.15. The number of rotatable bonds is 5. The molecule has 0 saturated carbocycles. The molecule has 1 aromatic heterocycles. The zero-order valence-electron chi connectivity index (χ0n) is 18.7. The second-order valence-electron chi connectivity index (χ2n) is 8.96. The van der Waals surface area contributed by atoms with E-state index < -0.39 is 11.7 Å². The number of amides is 1. The molecule has 0 aliphatic rings. The fraction of sp³-hybridized carbons (Fsp3) is 0.360. The molecule has 0 spiro atoms. The van der Waals surface area contributed by atoms with Gasteiger partial charge in [-0.1, -0.05) is 38.1 Å². The third kappa shape index (κ3) is 5.51. The van der Waals surface area contributed by atoms with Gasteiger partial charge >= 0.3 is 6.09 Å². The Bertz CT molecular complexity index is 1110. The number of nitrogens with one attached hydrogen (secondary N) is 1. The van der Waals surface area contributed by atoms with Crippen molar-refractivity contribution < 1.29 is 18.7 Å². The maximum Gasteiger partial charge on any atom is 0.419 e. The van der Waals surface area contributed by atoms with E-state index in [1.807, 2.05) is 58.9 Å². The molecular weight excluding hydrogens is 395 g/mol. The predicted octanol–water partition coefficient (Wildman–Crippen LogP) is 6.26. The van der Waals surface area contributed by atoms with E-state index in [1.165, 1.54) is 16.7 Å². The number of aromatic nitrogens is 1. The summed E-state index contributed by atoms with van der Waals surface area (Å²) in [4.78, 5) is 25.2. The Morgan fingerprint density at radius 3 is 2.52 bits per heavy atom. The van der Waals surface area contributed by atoms with E-state index >= 15 is 0 Å². The van der Waals surface area contributed by atoms with Crippen LogP contribution in [0, 0.1) is 5.82 Å². The summed E-state index contributed by atoms with van der Waals surface area (Å²) in [6, 6.07) is 12.0. The van der Waals surface area contributed by atoms with Gasteiger partial charge in [-0.05, 0) is 62.4 Å². The average Bonchev–Trinajstić information content (AvgIpc) is 3.04. The Kier molecular flexibility index (Phi) is 6.48. The molecule has 6 heteroatoms. The predicted molar refractivity (Wildman–Crippen MR) is 121 cm³/mol. The Labute approximate surface area is 182 Å². The molecule has 1 heterocycles. The van der Waals surface area contributed by atoms with Gasteiger partial charge in [0, 0.05) is 23.7 Å². The van der Waals surface area contributed by atoms with Crippen LogP contribution in [0.4, 0.5) is 14.9 Å². The minimum Gasteiger partial charge on any atom is -0.443 e. The topological polar surface area (TPSA) is 60.3 Å². The Morgan fingerprint density at radius 1 is 1.13 bits per heavy atom. The second-order valence-corrected chi connectivity index (χ2v) is 8.96. The van der Waals surface area contributed by atoms with Crippen LogP contribution in [0.1, 0.15) is 58.1 Å². The second kappa shape index (κ2) is 8.92. The number of carbonyl (C=O) groups is 2. The summed E-state index contributed by atoms with van der Waals surface area (Å²) in [5.41, 5.74) is 2.38. The Balaban J connectivity index is 1.78. The maximum absolute atomic E-state index is 13.7. The highest BCUT2D eigenvalue weighted by atomic mass is 19.1. The smallest absolute Gasteiger partial charge is 0.419 e. The molecule has 0 radical (unpaired) electrons. The van der Waals surface area contributed by atoms with Crippen LogP contribution < -0.4 is 5.32 Å². The van der Waals surface area contributed by atoms with Gasteiger partial charge in [0.05, 0.1) is 5.52 Å². The van der Waals surface area contributed by atoms with Crippen LogP contribution in [0.3, 0.4) is 0 Å². The summed E-state index contributed by atoms with van der Waals surface area (Å²) < 4.78 is 20.7. The fourth-order valence-corrected chi connectivity index (χ4v) is 3.51. The number of para-hydroxylation sites is 1. The summed E-state index contributed by atoms with van der Waals surface area (Å²) in [5, 5.41) is 3.73. The van der Waals surface area contributed by atoms with Crippen molar-refractivity contribution in [2.45, 2.75) is 59.0 Å². The number of carbonyl (C=O) groups excluding carboxylic acids is 2. The number of halogens is 1. The zero-order valence-corrected chi connectivity index (χ0v) is 18.7. The van der Waals surface area contributed by atoms with Gasteiger partial charge in [0.1, 0.15) is 11.4 Å². The van der Waals surface area contributed by atoms with Crippen molar-refractivity contribution in [3.63, 3.8) is 0 Å². The zero-order chi connectivity index (χ0) is 22.8. The summed E-state index contributed by atoms with van der Waals surface area (Å²) in [6.07, 6.45) is 1.92. The normalized spacial score (nSPS) is 11.7. The number of fused-ring (bicyclic) bond motifs is 1. The van der Waals surface area contributed by atoms with Crippen molar-refractivity contribution in [1.29, 1.82) is 0 Å². The van der Waals surface area contributed by atoms with Crippen molar-refractivity contribution in [2.75, 3.05) is 5.32 Å². The van der Waals surface area contributed by atoms with Gasteiger partial charge in [-0.25, -0.2) is 9.18 Å². The van der Waals surface area contributed by atoms with Crippen LogP contribution in [0.15, 0.2) is 48.7 Å². The molecule has 1 amide bonds. The van der Waals surface area contributed by atoms with Crippen LogP contribution in [0.2, 0.25) is 0 Å². The van der Waals surface area contributed by atoms with E-state index in [0.717, 1.165) is 22.0 Å². The van der Waals surface area contributed by atoms with Crippen LogP contribution in [-0.2, 0) is 16.0 Å². The van der Waals surface area contributed by atoms with Crippen LogP contribution >= 0.6 is 0 Å². The molecule has 0 atom stereocenters. The van der Waals surface area contributed by atoms with Gasteiger partial charge in [-0.3, -0.25) is 9.36 Å². The van der Waals surface area contributed by atoms with Gasteiger partial charge < -0.3 is 10.1 Å². The first-order valence-electron chi connectivity index (χ1n) is 10.5. The van der Waals surface area contributed by atoms with Crippen LogP contribution in [0.25, 0.3) is 10.9 Å². The minimum absolute atomic E-state index is 0.155. The SMILES string of the molecule is CC(C)c1ccc(F)cc1NC(=O)CCc1cn(C(=O)OC(C)(C)C)c2ccccc12. The highest BCUT2D eigenvalue weighted by Gasteiger charge is 2.21. The molecule has 0 aliphatic carbocycles. The Morgan fingerprint density at radius 2 is 1.84 bits per heavy atom. The quantitative estimate of drug-likeness (QED) is 0.526. The van der Waals surface area contributed by atoms with Gasteiger partial charge in [0.25, 0.3) is 0 Å². The molecule has 0 unspecified atom stereocenters. The summed E-state index contributed by atoms with van der Waals surface area (Å²) in [5.74, 6) is -0.440. The highest BCUT2D eigenvalue weighted by Crippen LogP contribution is 2.27. The first-order chi connectivity index (χ1) is 14.5. The lowest BCUT2D eigenvalue weighted by Crippen LogP contribution is -2.26. The van der Waals surface area contributed by atoms with E-state index in [9.17, 15) is 14.0 Å². The first kappa shape index (κ1) is 22.5. The number of anilines is 1. The van der Waals surface area contributed by atoms with Gasteiger partial charge in [0.15, 0.2) is 0 Å². The molecule has 3 aromatic rings. The molecular formula is C25H29FN2O3. The highest BCUT2D eigenvalue weighted by molar-refractivity contribution is 5.94. The molecule has 0 saturated heterocycles. The average molecular weight is 425 g/mol. The van der Waals surface area contributed by atoms with Crippen molar-refractivity contribution in [2.24, 2.45) is 0 Å². The molecule has 0 fully saturated rings. The van der Waals surface area contributed by atoms with Crippen molar-refractivity contribution in [3.8, 4) is 0 Å². The van der Waals surface area contributed by atoms with Crippen LogP contribution in [-0.4, -0.2) is 22.2 Å². The summed E-state index contributed by atoms with van der Waals surface area (Å²) in [6.45, 7) is 9.45. The number of benzene rings is 2. The lowest BCUT2D eigenvalue weighted by atomic mass is 10.0. The summed E-state index contributed by atoms with van der Waals surface area (Å²) >= 11 is 0. The van der Waals surface area contributed by atoms with E-state index in [1.54, 1.807) is 12.3 Å². The van der Waals surface area contributed by atoms with Crippen molar-refractivity contribution >= 4 is 28.6 Å². The third-order valence-corrected chi connectivity index (χ3v) is 4.92. The number of hydrogen-bond donors (Lipinski definition) is 1. The number of ether oxygens (including phenoxy) is 1. The van der Waals surface area contributed by atoms with E-state index in [2.05, 4.69) is 5.32 Å². The van der Waals surface area contributed by atoms with E-state index in [4.69, 9.17) is 4.74 Å². The molecule has 3 rings (SSSR count). The minimum atomic E-state index is -0.610. The van der Waals surface area contributed by atoms with Gasteiger partial charge in [-0.2, -0.15) is 0 Å². The molecule has 0 bridgehead atoms. The third-order valence-electron chi connectivity index (χ3n) is 4.92. The largest absolute Gasteiger partial charge is 0.443 e. The summed E-state index contributed by atoms with van der Waals surface area (Å²) in [7, 11) is 0. The van der Waals surface area contributed by atoms with Gasteiger partial charge in [0.2, 0.25) is 5.91 Å². The van der Waals surface area contributed by atoms with E-state index in [-0.39, 0.29) is 24.1 Å². The maximum atomic E-state index is 13.7. The number of hydrogen-bond acceptors (Lipinski definition) is 3. The lowest BCUT2D eigenvalue weighted by Gasteiger charge is -2.19. The van der Waals surface area contributed by atoms with Crippen LogP contribution in [0.5, 0.6) is 0 Å². The molecule has 0 aliphatic heterocycles. The van der Waals surface area contributed by atoms with Crippen molar-refractivity contribution in [1.82, 2.24) is 4.57 Å². The molecule has 1 N–H and O–H groups in total. The number of nitrogens with zero attached hydrogens (tertiary/aromatic N) is 1. The molecule has 164 valence electrons. The molecule has 31 heavy (non-hydrogen) atoms. The van der Waals surface area contributed by atoms with E-state index in [0.29, 0.717) is 12.1 Å². The lowest BCUT2D eigenvalue weighted by molar-refractivity contribution is -0.116. The first-order valence-corrected chi connectivity index (χ1v) is 10.5.